The first-order chi connectivity index (χ1) is 11.0. The van der Waals surface area contributed by atoms with E-state index in [9.17, 15) is 9.90 Å². The van der Waals surface area contributed by atoms with E-state index in [1.54, 1.807) is 17.0 Å². The second-order valence-electron chi connectivity index (χ2n) is 5.92. The van der Waals surface area contributed by atoms with E-state index in [4.69, 9.17) is 9.47 Å². The number of carbonyl (C=O) groups excluding carboxylic acids is 1. The Morgan fingerprint density at radius 1 is 1.39 bits per heavy atom. The molecule has 23 heavy (non-hydrogen) atoms. The SMILES string of the molecule is COc1ccc(C(=O)N2CC[C@H](CO)[C@H](N(C)C)C2)c(OC)n1. The van der Waals surface area contributed by atoms with Crippen molar-refractivity contribution in [1.82, 2.24) is 14.8 Å². The standard InChI is InChI=1S/C16H25N3O4/c1-18(2)13-9-19(8-7-11(13)10-20)16(21)12-5-6-14(22-3)17-15(12)23-4/h5-6,11,13,20H,7-10H2,1-4H3/t11-,13-/m1/s1. The molecule has 128 valence electrons. The number of aromatic nitrogens is 1. The van der Waals surface area contributed by atoms with Gasteiger partial charge in [-0.25, -0.2) is 0 Å². The van der Waals surface area contributed by atoms with Crippen molar-refractivity contribution in [3.63, 3.8) is 0 Å². The number of ether oxygens (including phenoxy) is 2. The lowest BCUT2D eigenvalue weighted by Crippen LogP contribution is -2.53. The number of piperidine rings is 1. The van der Waals surface area contributed by atoms with Gasteiger partial charge in [0.25, 0.3) is 5.91 Å². The number of aliphatic hydroxyl groups is 1. The number of rotatable bonds is 5. The van der Waals surface area contributed by atoms with Gasteiger partial charge in [0.05, 0.1) is 14.2 Å². The number of aliphatic hydroxyl groups excluding tert-OH is 1. The third-order valence-corrected chi connectivity index (χ3v) is 4.37. The summed E-state index contributed by atoms with van der Waals surface area (Å²) in [6.45, 7) is 1.33. The van der Waals surface area contributed by atoms with Gasteiger partial charge in [-0.1, -0.05) is 0 Å². The van der Waals surface area contributed by atoms with Gasteiger partial charge in [0.2, 0.25) is 11.8 Å². The maximum atomic E-state index is 12.8. The molecule has 0 unspecified atom stereocenters. The predicted molar refractivity (Wildman–Crippen MR) is 85.9 cm³/mol. The Hall–Kier alpha value is -1.86. The van der Waals surface area contributed by atoms with E-state index in [1.165, 1.54) is 14.2 Å². The summed E-state index contributed by atoms with van der Waals surface area (Å²) in [6.07, 6.45) is 0.775. The van der Waals surface area contributed by atoms with E-state index in [0.29, 0.717) is 24.5 Å². The third-order valence-electron chi connectivity index (χ3n) is 4.37. The second kappa shape index (κ2) is 7.61. The van der Waals surface area contributed by atoms with Crippen LogP contribution < -0.4 is 9.47 Å². The van der Waals surface area contributed by atoms with Gasteiger partial charge in [0.1, 0.15) is 5.56 Å². The van der Waals surface area contributed by atoms with Crippen molar-refractivity contribution in [2.24, 2.45) is 5.92 Å². The molecule has 0 aromatic carbocycles. The van der Waals surface area contributed by atoms with Crippen LogP contribution in [0.5, 0.6) is 11.8 Å². The molecule has 7 nitrogen and oxygen atoms in total. The van der Waals surface area contributed by atoms with Crippen LogP contribution >= 0.6 is 0 Å². The average Bonchev–Trinajstić information content (AvgIpc) is 2.59. The molecule has 0 bridgehead atoms. The van der Waals surface area contributed by atoms with Gasteiger partial charge in [-0.3, -0.25) is 4.79 Å². The Morgan fingerprint density at radius 3 is 2.70 bits per heavy atom. The highest BCUT2D eigenvalue weighted by Crippen LogP contribution is 2.26. The van der Waals surface area contributed by atoms with Crippen LogP contribution in [0.1, 0.15) is 16.8 Å². The van der Waals surface area contributed by atoms with Gasteiger partial charge >= 0.3 is 0 Å². The van der Waals surface area contributed by atoms with Crippen LogP contribution in [-0.2, 0) is 0 Å². The fraction of sp³-hybridized carbons (Fsp3) is 0.625. The van der Waals surface area contributed by atoms with E-state index >= 15 is 0 Å². The van der Waals surface area contributed by atoms with E-state index in [2.05, 4.69) is 9.88 Å². The molecule has 0 aliphatic carbocycles. The van der Waals surface area contributed by atoms with Gasteiger partial charge in [-0.15, -0.1) is 0 Å². The molecule has 2 heterocycles. The summed E-state index contributed by atoms with van der Waals surface area (Å²) >= 11 is 0. The van der Waals surface area contributed by atoms with Gasteiger partial charge in [-0.2, -0.15) is 4.98 Å². The summed E-state index contributed by atoms with van der Waals surface area (Å²) in [6, 6.07) is 3.46. The molecule has 1 fully saturated rings. The first kappa shape index (κ1) is 17.5. The number of likely N-dealkylation sites (N-methyl/N-ethyl adjacent to an activating group) is 1. The fourth-order valence-electron chi connectivity index (χ4n) is 2.99. The molecule has 1 aromatic heterocycles. The maximum Gasteiger partial charge on any atom is 0.259 e. The fourth-order valence-corrected chi connectivity index (χ4v) is 2.99. The largest absolute Gasteiger partial charge is 0.481 e. The molecule has 0 radical (unpaired) electrons. The molecular weight excluding hydrogens is 298 g/mol. The molecule has 1 amide bonds. The lowest BCUT2D eigenvalue weighted by molar-refractivity contribution is 0.0376. The number of pyridine rings is 1. The molecule has 2 rings (SSSR count). The van der Waals surface area contributed by atoms with Crippen LogP contribution in [-0.4, -0.2) is 79.9 Å². The molecule has 1 aromatic rings. The van der Waals surface area contributed by atoms with Crippen molar-refractivity contribution in [3.05, 3.63) is 17.7 Å². The topological polar surface area (TPSA) is 75.1 Å². The first-order valence-corrected chi connectivity index (χ1v) is 7.67. The van der Waals surface area contributed by atoms with E-state index in [0.717, 1.165) is 6.42 Å². The summed E-state index contributed by atoms with van der Waals surface area (Å²) in [5.41, 5.74) is 0.424. The van der Waals surface area contributed by atoms with Crippen LogP contribution in [0, 0.1) is 5.92 Å². The van der Waals surface area contributed by atoms with Crippen molar-refractivity contribution in [2.75, 3.05) is 48.0 Å². The van der Waals surface area contributed by atoms with Crippen molar-refractivity contribution < 1.29 is 19.4 Å². The number of carbonyl (C=O) groups is 1. The maximum absolute atomic E-state index is 12.8. The molecule has 0 spiro atoms. The van der Waals surface area contributed by atoms with Crippen molar-refractivity contribution in [3.8, 4) is 11.8 Å². The zero-order chi connectivity index (χ0) is 17.0. The van der Waals surface area contributed by atoms with Crippen LogP contribution in [0.2, 0.25) is 0 Å². The molecule has 1 aliphatic heterocycles. The van der Waals surface area contributed by atoms with Crippen LogP contribution in [0.3, 0.4) is 0 Å². The zero-order valence-corrected chi connectivity index (χ0v) is 14.2. The molecule has 1 N–H and O–H groups in total. The quantitative estimate of drug-likeness (QED) is 0.850. The van der Waals surface area contributed by atoms with Gasteiger partial charge in [0, 0.05) is 37.7 Å². The van der Waals surface area contributed by atoms with Gasteiger partial charge in [0.15, 0.2) is 0 Å². The summed E-state index contributed by atoms with van der Waals surface area (Å²) in [5, 5.41) is 9.52. The number of methoxy groups -OCH3 is 2. The minimum atomic E-state index is -0.111. The molecule has 0 saturated carbocycles. The Morgan fingerprint density at radius 2 is 2.13 bits per heavy atom. The number of nitrogens with zero attached hydrogens (tertiary/aromatic N) is 3. The molecule has 1 saturated heterocycles. The number of likely N-dealkylation sites (tertiary alicyclic amines) is 1. The lowest BCUT2D eigenvalue weighted by Gasteiger charge is -2.41. The summed E-state index contributed by atoms with van der Waals surface area (Å²) in [5.74, 6) is 0.744. The van der Waals surface area contributed by atoms with Gasteiger partial charge < -0.3 is 24.4 Å². The minimum absolute atomic E-state index is 0.111. The Bertz CT molecular complexity index is 550. The molecule has 1 aliphatic rings. The Labute approximate surface area is 136 Å². The van der Waals surface area contributed by atoms with Crippen molar-refractivity contribution in [1.29, 1.82) is 0 Å². The number of hydrogen-bond acceptors (Lipinski definition) is 6. The summed E-state index contributed by atoms with van der Waals surface area (Å²) in [4.78, 5) is 20.8. The Kier molecular flexibility index (Phi) is 5.79. The minimum Gasteiger partial charge on any atom is -0.481 e. The normalized spacial score (nSPS) is 21.4. The molecule has 7 heteroatoms. The average molecular weight is 323 g/mol. The van der Waals surface area contributed by atoms with Crippen LogP contribution in [0.4, 0.5) is 0 Å². The van der Waals surface area contributed by atoms with E-state index in [1.807, 2.05) is 14.1 Å². The third kappa shape index (κ3) is 3.73. The number of amides is 1. The van der Waals surface area contributed by atoms with Crippen molar-refractivity contribution >= 4 is 5.91 Å². The predicted octanol–water partition coefficient (Wildman–Crippen LogP) is 0.483. The summed E-state index contributed by atoms with van der Waals surface area (Å²) < 4.78 is 10.3. The van der Waals surface area contributed by atoms with E-state index < -0.39 is 0 Å². The summed E-state index contributed by atoms with van der Waals surface area (Å²) in [7, 11) is 6.94. The lowest BCUT2D eigenvalue weighted by atomic mass is 9.91. The highest BCUT2D eigenvalue weighted by atomic mass is 16.5. The van der Waals surface area contributed by atoms with Gasteiger partial charge in [-0.05, 0) is 26.6 Å². The monoisotopic (exact) mass is 323 g/mol. The second-order valence-corrected chi connectivity index (χ2v) is 5.92. The first-order valence-electron chi connectivity index (χ1n) is 7.67. The van der Waals surface area contributed by atoms with Crippen LogP contribution in [0.25, 0.3) is 0 Å². The van der Waals surface area contributed by atoms with Crippen molar-refractivity contribution in [2.45, 2.75) is 12.5 Å². The smallest absolute Gasteiger partial charge is 0.259 e. The Balaban J connectivity index is 2.20. The molecule has 2 atom stereocenters. The highest BCUT2D eigenvalue weighted by molar-refractivity contribution is 5.96. The zero-order valence-electron chi connectivity index (χ0n) is 14.2. The molecular formula is C16H25N3O4. The highest BCUT2D eigenvalue weighted by Gasteiger charge is 2.33. The van der Waals surface area contributed by atoms with E-state index in [-0.39, 0.29) is 30.4 Å². The number of hydrogen-bond donors (Lipinski definition) is 1. The van der Waals surface area contributed by atoms with Crippen LogP contribution in [0.15, 0.2) is 12.1 Å².